The molecule has 1 aromatic carbocycles. The zero-order chi connectivity index (χ0) is 18.1. The maximum atomic E-state index is 13.6. The van der Waals surface area contributed by atoms with Crippen LogP contribution in [0.2, 0.25) is 0 Å². The number of benzene rings is 1. The van der Waals surface area contributed by atoms with E-state index < -0.39 is 23.6 Å². The van der Waals surface area contributed by atoms with Crippen LogP contribution >= 0.6 is 15.9 Å². The summed E-state index contributed by atoms with van der Waals surface area (Å²) in [4.78, 5) is 11.9. The normalized spacial score (nSPS) is 11.6. The van der Waals surface area contributed by atoms with E-state index in [2.05, 4.69) is 26.3 Å². The predicted octanol–water partition coefficient (Wildman–Crippen LogP) is 4.45. The van der Waals surface area contributed by atoms with Crippen LogP contribution in [0.5, 0.6) is 0 Å². The second kappa shape index (κ2) is 6.92. The second-order valence-electron chi connectivity index (χ2n) is 5.25. The molecule has 0 saturated heterocycles. The summed E-state index contributed by atoms with van der Waals surface area (Å²) in [6.45, 7) is 3.16. The molecular formula is C15H14BrF4N3O. The van der Waals surface area contributed by atoms with Gasteiger partial charge in [0, 0.05) is 6.42 Å². The molecule has 0 aliphatic carbocycles. The molecule has 130 valence electrons. The van der Waals surface area contributed by atoms with Gasteiger partial charge in [-0.25, -0.2) is 4.39 Å². The van der Waals surface area contributed by atoms with Crippen LogP contribution in [0.1, 0.15) is 23.4 Å². The van der Waals surface area contributed by atoms with Crippen molar-refractivity contribution in [2.45, 2.75) is 33.0 Å². The van der Waals surface area contributed by atoms with Crippen molar-refractivity contribution in [1.82, 2.24) is 9.78 Å². The van der Waals surface area contributed by atoms with E-state index in [0.29, 0.717) is 0 Å². The standard InChI is InChI=1S/C15H14BrF4N3O/c1-8-3-4-10(17)11(7-8)21-12(24)5-6-23-9(2)13(16)14(22-23)15(18,19)20/h3-4,7H,5-6H2,1-2H3,(H,21,24). The maximum Gasteiger partial charge on any atom is 0.436 e. The fourth-order valence-electron chi connectivity index (χ4n) is 2.08. The van der Waals surface area contributed by atoms with Gasteiger partial charge in [-0.15, -0.1) is 0 Å². The number of nitrogens with zero attached hydrogens (tertiary/aromatic N) is 2. The molecule has 1 aromatic heterocycles. The fraction of sp³-hybridized carbons (Fsp3) is 0.333. The Morgan fingerprint density at radius 1 is 1.33 bits per heavy atom. The number of aryl methyl sites for hydroxylation is 2. The highest BCUT2D eigenvalue weighted by Crippen LogP contribution is 2.35. The van der Waals surface area contributed by atoms with Gasteiger partial charge in [0.1, 0.15) is 5.82 Å². The molecule has 0 bridgehead atoms. The van der Waals surface area contributed by atoms with Crippen molar-refractivity contribution in [2.75, 3.05) is 5.32 Å². The first-order chi connectivity index (χ1) is 11.1. The molecule has 0 aliphatic rings. The Bertz CT molecular complexity index is 771. The van der Waals surface area contributed by atoms with E-state index in [-0.39, 0.29) is 28.8 Å². The molecule has 9 heteroatoms. The van der Waals surface area contributed by atoms with Crippen molar-refractivity contribution in [1.29, 1.82) is 0 Å². The third-order valence-corrected chi connectivity index (χ3v) is 4.30. The molecule has 24 heavy (non-hydrogen) atoms. The van der Waals surface area contributed by atoms with Crippen LogP contribution < -0.4 is 5.32 Å². The second-order valence-corrected chi connectivity index (χ2v) is 6.04. The van der Waals surface area contributed by atoms with Crippen LogP contribution in [0.25, 0.3) is 0 Å². The minimum atomic E-state index is -4.58. The molecule has 2 aromatic rings. The summed E-state index contributed by atoms with van der Waals surface area (Å²) >= 11 is 2.86. The van der Waals surface area contributed by atoms with Gasteiger partial charge in [0.2, 0.25) is 5.91 Å². The topological polar surface area (TPSA) is 46.9 Å². The predicted molar refractivity (Wildman–Crippen MR) is 84.0 cm³/mol. The Balaban J connectivity index is 2.06. The fourth-order valence-corrected chi connectivity index (χ4v) is 2.59. The zero-order valence-corrected chi connectivity index (χ0v) is 14.4. The molecule has 2 rings (SSSR count). The van der Waals surface area contributed by atoms with Crippen molar-refractivity contribution in [3.05, 3.63) is 45.4 Å². The third kappa shape index (κ3) is 4.14. The van der Waals surface area contributed by atoms with Crippen molar-refractivity contribution >= 4 is 27.5 Å². The highest BCUT2D eigenvalue weighted by atomic mass is 79.9. The monoisotopic (exact) mass is 407 g/mol. The number of hydrogen-bond donors (Lipinski definition) is 1. The van der Waals surface area contributed by atoms with Crippen LogP contribution in [0.3, 0.4) is 0 Å². The van der Waals surface area contributed by atoms with E-state index in [0.717, 1.165) is 10.2 Å². The number of alkyl halides is 3. The Morgan fingerprint density at radius 2 is 2.00 bits per heavy atom. The highest BCUT2D eigenvalue weighted by Gasteiger charge is 2.37. The third-order valence-electron chi connectivity index (χ3n) is 3.35. The van der Waals surface area contributed by atoms with Gasteiger partial charge in [-0.1, -0.05) is 6.07 Å². The average Bonchev–Trinajstić information content (AvgIpc) is 2.77. The molecule has 0 spiro atoms. The number of rotatable bonds is 4. The number of carbonyl (C=O) groups is 1. The van der Waals surface area contributed by atoms with E-state index in [1.54, 1.807) is 13.0 Å². The van der Waals surface area contributed by atoms with E-state index in [4.69, 9.17) is 0 Å². The van der Waals surface area contributed by atoms with Crippen molar-refractivity contribution in [3.8, 4) is 0 Å². The summed E-state index contributed by atoms with van der Waals surface area (Å²) in [5.74, 6) is -1.09. The molecule has 0 unspecified atom stereocenters. The molecule has 0 radical (unpaired) electrons. The first-order valence-corrected chi connectivity index (χ1v) is 7.75. The Kier molecular flexibility index (Phi) is 5.32. The van der Waals surface area contributed by atoms with Crippen molar-refractivity contribution in [3.63, 3.8) is 0 Å². The summed E-state index contributed by atoms with van der Waals surface area (Å²) in [6, 6.07) is 4.27. The lowest BCUT2D eigenvalue weighted by Crippen LogP contribution is -2.17. The minimum absolute atomic E-state index is 0.0364. The van der Waals surface area contributed by atoms with Crippen LogP contribution in [0, 0.1) is 19.7 Å². The smallest absolute Gasteiger partial charge is 0.324 e. The van der Waals surface area contributed by atoms with Gasteiger partial charge in [-0.3, -0.25) is 9.48 Å². The van der Waals surface area contributed by atoms with Gasteiger partial charge < -0.3 is 5.32 Å². The van der Waals surface area contributed by atoms with E-state index >= 15 is 0 Å². The van der Waals surface area contributed by atoms with Gasteiger partial charge in [0.25, 0.3) is 0 Å². The van der Waals surface area contributed by atoms with Crippen LogP contribution in [0.15, 0.2) is 22.7 Å². The number of halogens is 5. The minimum Gasteiger partial charge on any atom is -0.324 e. The largest absolute Gasteiger partial charge is 0.436 e. The molecule has 4 nitrogen and oxygen atoms in total. The van der Waals surface area contributed by atoms with E-state index in [9.17, 15) is 22.4 Å². The lowest BCUT2D eigenvalue weighted by atomic mass is 10.2. The number of anilines is 1. The van der Waals surface area contributed by atoms with Crippen molar-refractivity contribution in [2.24, 2.45) is 0 Å². The Hall–Kier alpha value is -1.90. The number of carbonyl (C=O) groups excluding carboxylic acids is 1. The first-order valence-electron chi connectivity index (χ1n) is 6.95. The number of hydrogen-bond acceptors (Lipinski definition) is 2. The van der Waals surface area contributed by atoms with Gasteiger partial charge >= 0.3 is 6.18 Å². The molecule has 1 heterocycles. The summed E-state index contributed by atoms with van der Waals surface area (Å²) in [5.41, 5.74) is 0.0321. The first kappa shape index (κ1) is 18.4. The quantitative estimate of drug-likeness (QED) is 0.761. The van der Waals surface area contributed by atoms with Gasteiger partial charge in [-0.2, -0.15) is 18.3 Å². The molecule has 0 aliphatic heterocycles. The molecular weight excluding hydrogens is 394 g/mol. The van der Waals surface area contributed by atoms with Crippen LogP contribution in [0.4, 0.5) is 23.2 Å². The lowest BCUT2D eigenvalue weighted by Gasteiger charge is -2.08. The molecule has 0 saturated carbocycles. The van der Waals surface area contributed by atoms with Crippen LogP contribution in [-0.2, 0) is 17.5 Å². The molecule has 1 N–H and O–H groups in total. The lowest BCUT2D eigenvalue weighted by molar-refractivity contribution is -0.142. The summed E-state index contributed by atoms with van der Waals surface area (Å²) in [6.07, 6.45) is -4.72. The SMILES string of the molecule is Cc1ccc(F)c(NC(=O)CCn2nc(C(F)(F)F)c(Br)c2C)c1. The number of amides is 1. The van der Waals surface area contributed by atoms with Gasteiger partial charge in [0.15, 0.2) is 5.69 Å². The zero-order valence-electron chi connectivity index (χ0n) is 12.8. The average molecular weight is 408 g/mol. The van der Waals surface area contributed by atoms with Gasteiger partial charge in [-0.05, 0) is 47.5 Å². The summed E-state index contributed by atoms with van der Waals surface area (Å²) in [5, 5.41) is 5.89. The van der Waals surface area contributed by atoms with E-state index in [1.165, 1.54) is 19.1 Å². The maximum absolute atomic E-state index is 13.6. The number of nitrogens with one attached hydrogen (secondary N) is 1. The summed E-state index contributed by atoms with van der Waals surface area (Å²) < 4.78 is 52.9. The molecule has 1 amide bonds. The molecule has 0 fully saturated rings. The molecule has 0 atom stereocenters. The Morgan fingerprint density at radius 3 is 2.58 bits per heavy atom. The number of aromatic nitrogens is 2. The van der Waals surface area contributed by atoms with E-state index in [1.807, 2.05) is 0 Å². The van der Waals surface area contributed by atoms with Crippen LogP contribution in [-0.4, -0.2) is 15.7 Å². The highest BCUT2D eigenvalue weighted by molar-refractivity contribution is 9.10. The van der Waals surface area contributed by atoms with Gasteiger partial charge in [0.05, 0.1) is 22.4 Å². The summed E-state index contributed by atoms with van der Waals surface area (Å²) in [7, 11) is 0. The van der Waals surface area contributed by atoms with Crippen molar-refractivity contribution < 1.29 is 22.4 Å². The Labute approximate surface area is 144 Å².